The summed E-state index contributed by atoms with van der Waals surface area (Å²) >= 11 is 0. The van der Waals surface area contributed by atoms with Gasteiger partial charge in [-0.1, -0.05) is 12.1 Å². The number of aromatic nitrogens is 3. The fraction of sp³-hybridized carbons (Fsp3) is 0.364. The molecule has 0 atom stereocenters. The van der Waals surface area contributed by atoms with Crippen LogP contribution in [0.1, 0.15) is 47.5 Å². The van der Waals surface area contributed by atoms with Crippen LogP contribution in [0.25, 0.3) is 11.0 Å². The number of ether oxygens (including phenoxy) is 1. The predicted molar refractivity (Wildman–Crippen MR) is 116 cm³/mol. The predicted octanol–water partition coefficient (Wildman–Crippen LogP) is -0.213. The van der Waals surface area contributed by atoms with Gasteiger partial charge in [0.2, 0.25) is 0 Å². The number of hydrogen-bond donors (Lipinski definition) is 3. The third-order valence-corrected chi connectivity index (χ3v) is 5.43. The molecule has 1 amide bonds. The molecule has 3 heterocycles. The van der Waals surface area contributed by atoms with Gasteiger partial charge >= 0.3 is 35.5 Å². The van der Waals surface area contributed by atoms with Crippen molar-refractivity contribution in [3.8, 4) is 0 Å². The second-order valence-electron chi connectivity index (χ2n) is 7.46. The first-order chi connectivity index (χ1) is 15.1. The molecule has 10 heteroatoms. The summed E-state index contributed by atoms with van der Waals surface area (Å²) in [4.78, 5) is 28.5. The molecular formula is C22H26N5NaO4. The molecule has 1 aliphatic rings. The van der Waals surface area contributed by atoms with Crippen LogP contribution in [-0.4, -0.2) is 51.0 Å². The number of carbonyl (C=O) groups excluding carboxylic acids is 1. The van der Waals surface area contributed by atoms with Crippen molar-refractivity contribution in [2.45, 2.75) is 38.9 Å². The standard InChI is InChI=1S/C22H25N5O4.Na.H/c1-2-27-20-17(13-25-27)19(26-16-7-9-31-10-8-16)18(12-23-20)21(28)24-11-14-3-5-15(6-4-14)22(29)30;;/h3-6,12-13,16H,2,7-11H2,1H3,(H,23,26)(H,24,28)(H,29,30);;/q;+1;-1. The van der Waals surface area contributed by atoms with Crippen LogP contribution in [0.5, 0.6) is 0 Å². The molecule has 3 N–H and O–H groups in total. The summed E-state index contributed by atoms with van der Waals surface area (Å²) in [5.74, 6) is -1.23. The molecule has 0 spiro atoms. The van der Waals surface area contributed by atoms with Crippen molar-refractivity contribution in [1.82, 2.24) is 20.1 Å². The van der Waals surface area contributed by atoms with E-state index in [0.717, 1.165) is 35.1 Å². The average molecular weight is 447 g/mol. The molecule has 1 aliphatic heterocycles. The molecule has 164 valence electrons. The zero-order valence-corrected chi connectivity index (χ0v) is 20.3. The van der Waals surface area contributed by atoms with Crippen molar-refractivity contribution in [3.63, 3.8) is 0 Å². The number of carboxylic acid groups (broad SMARTS) is 1. The van der Waals surface area contributed by atoms with E-state index >= 15 is 0 Å². The maximum Gasteiger partial charge on any atom is 1.00 e. The zero-order valence-electron chi connectivity index (χ0n) is 19.3. The number of aryl methyl sites for hydroxylation is 1. The monoisotopic (exact) mass is 447 g/mol. The molecule has 0 radical (unpaired) electrons. The summed E-state index contributed by atoms with van der Waals surface area (Å²) in [6.07, 6.45) is 5.06. The van der Waals surface area contributed by atoms with Gasteiger partial charge in [-0.15, -0.1) is 0 Å². The first-order valence-corrected chi connectivity index (χ1v) is 10.4. The number of anilines is 1. The molecule has 0 unspecified atom stereocenters. The SMILES string of the molecule is CCn1ncc2c(NC3CCOCC3)c(C(=O)NCc3ccc(C(=O)O)cc3)cnc21.[H-].[Na+]. The van der Waals surface area contributed by atoms with Gasteiger partial charge in [-0.2, -0.15) is 5.10 Å². The fourth-order valence-corrected chi connectivity index (χ4v) is 3.67. The normalized spacial score (nSPS) is 14.0. The van der Waals surface area contributed by atoms with Crippen LogP contribution in [0.2, 0.25) is 0 Å². The summed E-state index contributed by atoms with van der Waals surface area (Å²) in [7, 11) is 0. The van der Waals surface area contributed by atoms with Crippen LogP contribution >= 0.6 is 0 Å². The van der Waals surface area contributed by atoms with Gasteiger partial charge in [-0.25, -0.2) is 14.5 Å². The number of pyridine rings is 1. The first-order valence-electron chi connectivity index (χ1n) is 10.4. The molecule has 3 aromatic rings. The quantitative estimate of drug-likeness (QED) is 0.429. The van der Waals surface area contributed by atoms with Crippen LogP contribution in [-0.2, 0) is 17.8 Å². The molecule has 2 aromatic heterocycles. The Bertz CT molecular complexity index is 1100. The Morgan fingerprint density at radius 2 is 1.94 bits per heavy atom. The van der Waals surface area contributed by atoms with Crippen LogP contribution in [0.3, 0.4) is 0 Å². The van der Waals surface area contributed by atoms with Crippen molar-refractivity contribution < 1.29 is 50.4 Å². The summed E-state index contributed by atoms with van der Waals surface area (Å²) < 4.78 is 7.25. The molecule has 9 nitrogen and oxygen atoms in total. The minimum absolute atomic E-state index is 0. The van der Waals surface area contributed by atoms with E-state index in [2.05, 4.69) is 20.7 Å². The average Bonchev–Trinajstić information content (AvgIpc) is 3.22. The molecule has 32 heavy (non-hydrogen) atoms. The second-order valence-corrected chi connectivity index (χ2v) is 7.46. The third kappa shape index (κ3) is 5.29. The van der Waals surface area contributed by atoms with E-state index in [1.165, 1.54) is 12.1 Å². The maximum atomic E-state index is 13.0. The minimum atomic E-state index is -0.980. The second kappa shape index (κ2) is 10.9. The largest absolute Gasteiger partial charge is 1.00 e. The van der Waals surface area contributed by atoms with Crippen LogP contribution < -0.4 is 40.2 Å². The maximum absolute atomic E-state index is 13.0. The van der Waals surface area contributed by atoms with Crippen molar-refractivity contribution in [3.05, 3.63) is 53.3 Å². The molecule has 0 saturated carbocycles. The van der Waals surface area contributed by atoms with Crippen LogP contribution in [0.15, 0.2) is 36.7 Å². The number of carboxylic acids is 1. The Morgan fingerprint density at radius 1 is 1.22 bits per heavy atom. The molecule has 4 rings (SSSR count). The molecule has 0 bridgehead atoms. The van der Waals surface area contributed by atoms with Gasteiger partial charge in [0.05, 0.1) is 28.4 Å². The number of aromatic carboxylic acids is 1. The summed E-state index contributed by atoms with van der Waals surface area (Å²) in [5, 5.41) is 20.7. The van der Waals surface area contributed by atoms with E-state index in [9.17, 15) is 9.59 Å². The Morgan fingerprint density at radius 3 is 2.59 bits per heavy atom. The zero-order chi connectivity index (χ0) is 21.8. The van der Waals surface area contributed by atoms with Gasteiger partial charge in [-0.05, 0) is 37.5 Å². The Labute approximate surface area is 209 Å². The van der Waals surface area contributed by atoms with E-state index < -0.39 is 5.97 Å². The number of fused-ring (bicyclic) bond motifs is 1. The number of benzene rings is 1. The minimum Gasteiger partial charge on any atom is -1.00 e. The van der Waals surface area contributed by atoms with Gasteiger partial charge in [0, 0.05) is 38.5 Å². The van der Waals surface area contributed by atoms with Gasteiger partial charge < -0.3 is 21.9 Å². The number of amides is 1. The molecular weight excluding hydrogens is 421 g/mol. The first kappa shape index (κ1) is 24.2. The van der Waals surface area contributed by atoms with Gasteiger partial charge in [0.1, 0.15) is 0 Å². The van der Waals surface area contributed by atoms with E-state index in [-0.39, 0.29) is 55.0 Å². The number of nitrogens with zero attached hydrogens (tertiary/aromatic N) is 3. The van der Waals surface area contributed by atoms with Gasteiger partial charge in [0.25, 0.3) is 5.91 Å². The Kier molecular flexibility index (Phi) is 8.25. The van der Waals surface area contributed by atoms with E-state index in [4.69, 9.17) is 9.84 Å². The Hall–Kier alpha value is -2.46. The van der Waals surface area contributed by atoms with Gasteiger partial charge in [0.15, 0.2) is 5.65 Å². The van der Waals surface area contributed by atoms with E-state index in [1.54, 1.807) is 29.2 Å². The van der Waals surface area contributed by atoms with Crippen molar-refractivity contribution in [2.24, 2.45) is 0 Å². The van der Waals surface area contributed by atoms with E-state index in [0.29, 0.717) is 25.3 Å². The number of nitrogens with one attached hydrogen (secondary N) is 2. The van der Waals surface area contributed by atoms with E-state index in [1.807, 2.05) is 6.92 Å². The number of rotatable bonds is 7. The molecule has 1 aromatic carbocycles. The third-order valence-electron chi connectivity index (χ3n) is 5.43. The summed E-state index contributed by atoms with van der Waals surface area (Å²) in [5.41, 5.74) is 2.94. The fourth-order valence-electron chi connectivity index (χ4n) is 3.67. The Balaban J connectivity index is 0.00000193. The molecule has 0 aliphatic carbocycles. The topological polar surface area (TPSA) is 118 Å². The van der Waals surface area contributed by atoms with Crippen LogP contribution in [0, 0.1) is 0 Å². The van der Waals surface area contributed by atoms with Crippen molar-refractivity contribution in [1.29, 1.82) is 0 Å². The molecule has 1 saturated heterocycles. The van der Waals surface area contributed by atoms with Gasteiger partial charge in [-0.3, -0.25) is 4.79 Å². The molecule has 1 fully saturated rings. The summed E-state index contributed by atoms with van der Waals surface area (Å²) in [6.45, 7) is 4.34. The number of hydrogen-bond acceptors (Lipinski definition) is 6. The smallest absolute Gasteiger partial charge is 1.00 e. The van der Waals surface area contributed by atoms with Crippen molar-refractivity contribution >= 4 is 28.6 Å². The van der Waals surface area contributed by atoms with Crippen LogP contribution in [0.4, 0.5) is 5.69 Å². The number of carbonyl (C=O) groups is 2. The van der Waals surface area contributed by atoms with Crippen molar-refractivity contribution in [2.75, 3.05) is 18.5 Å². The summed E-state index contributed by atoms with van der Waals surface area (Å²) in [6, 6.07) is 6.64.